The molecule has 0 radical (unpaired) electrons. The van der Waals surface area contributed by atoms with Gasteiger partial charge in [0, 0.05) is 5.39 Å². The van der Waals surface area contributed by atoms with Crippen molar-refractivity contribution >= 4 is 10.9 Å². The summed E-state index contributed by atoms with van der Waals surface area (Å²) in [5, 5.41) is 10.2. The van der Waals surface area contributed by atoms with E-state index >= 15 is 0 Å². The van der Waals surface area contributed by atoms with Crippen LogP contribution in [0.4, 0.5) is 0 Å². The van der Waals surface area contributed by atoms with Crippen molar-refractivity contribution in [3.8, 4) is 17.1 Å². The fourth-order valence-electron chi connectivity index (χ4n) is 3.36. The molecule has 0 amide bonds. The molecule has 0 atom stereocenters. The molecule has 0 aliphatic carbocycles. The van der Waals surface area contributed by atoms with Gasteiger partial charge in [0.05, 0.1) is 17.7 Å². The predicted molar refractivity (Wildman–Crippen MR) is 105 cm³/mol. The SMILES string of the molecule is O=c1c2nn(Cc3ccccc3)c3ccccc3c-2nn1-c1ccccc1. The van der Waals surface area contributed by atoms with E-state index in [1.165, 1.54) is 4.68 Å². The molecule has 5 nitrogen and oxygen atoms in total. The first-order valence-electron chi connectivity index (χ1n) is 8.79. The van der Waals surface area contributed by atoms with Gasteiger partial charge in [-0.3, -0.25) is 9.48 Å². The van der Waals surface area contributed by atoms with Crippen molar-refractivity contribution in [3.05, 3.63) is 101 Å². The van der Waals surface area contributed by atoms with E-state index in [2.05, 4.69) is 22.3 Å². The standard InChI is InChI=1S/C22H16N4O/c27-22-21-20(24-26(22)17-11-5-2-6-12-17)18-13-7-8-14-19(18)25(23-21)15-16-9-3-1-4-10-16/h1-14H,15H2. The first kappa shape index (κ1) is 15.5. The Morgan fingerprint density at radius 3 is 2.15 bits per heavy atom. The fraction of sp³-hybridized carbons (Fsp3) is 0.0455. The second-order valence-corrected chi connectivity index (χ2v) is 6.41. The highest BCUT2D eigenvalue weighted by Crippen LogP contribution is 2.26. The smallest absolute Gasteiger partial charge is 0.265 e. The highest BCUT2D eigenvalue weighted by Gasteiger charge is 2.22. The molecule has 2 aliphatic rings. The summed E-state index contributed by atoms with van der Waals surface area (Å²) in [4.78, 5) is 13.0. The zero-order valence-corrected chi connectivity index (χ0v) is 14.5. The van der Waals surface area contributed by atoms with E-state index in [4.69, 9.17) is 0 Å². The molecule has 0 saturated heterocycles. The van der Waals surface area contributed by atoms with E-state index in [1.807, 2.05) is 77.5 Å². The summed E-state index contributed by atoms with van der Waals surface area (Å²) in [6.45, 7) is 0.591. The predicted octanol–water partition coefficient (Wildman–Crippen LogP) is 3.74. The van der Waals surface area contributed by atoms with E-state index in [9.17, 15) is 4.79 Å². The molecule has 5 heteroatoms. The normalized spacial score (nSPS) is 11.3. The molecule has 0 saturated carbocycles. The minimum Gasteiger partial charge on any atom is -0.265 e. The average Bonchev–Trinajstić information content (AvgIpc) is 3.06. The van der Waals surface area contributed by atoms with Crippen molar-refractivity contribution in [1.82, 2.24) is 19.6 Å². The zero-order valence-electron chi connectivity index (χ0n) is 14.5. The summed E-state index contributed by atoms with van der Waals surface area (Å²) in [6, 6.07) is 27.5. The van der Waals surface area contributed by atoms with Gasteiger partial charge < -0.3 is 0 Å². The van der Waals surface area contributed by atoms with Gasteiger partial charge in [-0.05, 0) is 23.8 Å². The molecule has 0 N–H and O–H groups in total. The van der Waals surface area contributed by atoms with Crippen LogP contribution < -0.4 is 5.56 Å². The maximum atomic E-state index is 13.0. The fourth-order valence-corrected chi connectivity index (χ4v) is 3.36. The van der Waals surface area contributed by atoms with Crippen LogP contribution in [0.2, 0.25) is 0 Å². The van der Waals surface area contributed by atoms with E-state index in [-0.39, 0.29) is 5.56 Å². The second kappa shape index (κ2) is 6.21. The Labute approximate surface area is 155 Å². The quantitative estimate of drug-likeness (QED) is 0.497. The third kappa shape index (κ3) is 2.60. The molecule has 0 unspecified atom stereocenters. The Morgan fingerprint density at radius 1 is 0.704 bits per heavy atom. The lowest BCUT2D eigenvalue weighted by Crippen LogP contribution is -2.17. The molecule has 2 heterocycles. The van der Waals surface area contributed by atoms with Crippen molar-refractivity contribution < 1.29 is 0 Å². The van der Waals surface area contributed by atoms with Gasteiger partial charge in [0.1, 0.15) is 5.69 Å². The molecule has 2 aliphatic heterocycles. The molecular weight excluding hydrogens is 336 g/mol. The highest BCUT2D eigenvalue weighted by molar-refractivity contribution is 5.92. The average molecular weight is 352 g/mol. The summed E-state index contributed by atoms with van der Waals surface area (Å²) in [6.07, 6.45) is 0. The number of hydrogen-bond donors (Lipinski definition) is 0. The van der Waals surface area contributed by atoms with E-state index < -0.39 is 0 Å². The summed E-state index contributed by atoms with van der Waals surface area (Å²) in [5.41, 5.74) is 3.62. The van der Waals surface area contributed by atoms with Gasteiger partial charge in [0.15, 0.2) is 5.69 Å². The molecule has 0 spiro atoms. The summed E-state index contributed by atoms with van der Waals surface area (Å²) >= 11 is 0. The first-order valence-corrected chi connectivity index (χ1v) is 8.79. The van der Waals surface area contributed by atoms with Crippen LogP contribution in [-0.4, -0.2) is 19.6 Å². The number of benzene rings is 3. The lowest BCUT2D eigenvalue weighted by Gasteiger charge is -2.12. The van der Waals surface area contributed by atoms with Gasteiger partial charge >= 0.3 is 5.56 Å². The maximum absolute atomic E-state index is 13.0. The summed E-state index contributed by atoms with van der Waals surface area (Å²) in [7, 11) is 0. The minimum atomic E-state index is -0.205. The van der Waals surface area contributed by atoms with Gasteiger partial charge in [-0.15, -0.1) is 0 Å². The van der Waals surface area contributed by atoms with Gasteiger partial charge in [0.25, 0.3) is 0 Å². The van der Waals surface area contributed by atoms with E-state index in [0.29, 0.717) is 17.9 Å². The van der Waals surface area contributed by atoms with E-state index in [0.717, 1.165) is 22.2 Å². The summed E-state index contributed by atoms with van der Waals surface area (Å²) in [5.74, 6) is 0. The first-order chi connectivity index (χ1) is 13.3. The van der Waals surface area contributed by atoms with Gasteiger partial charge in [-0.1, -0.05) is 66.7 Å². The van der Waals surface area contributed by atoms with Crippen LogP contribution in [0.25, 0.3) is 28.0 Å². The molecule has 3 aromatic carbocycles. The van der Waals surface area contributed by atoms with Crippen LogP contribution in [0.1, 0.15) is 5.56 Å². The Kier molecular flexibility index (Phi) is 3.57. The summed E-state index contributed by atoms with van der Waals surface area (Å²) < 4.78 is 3.31. The Bertz CT molecular complexity index is 1260. The molecule has 130 valence electrons. The number of fused-ring (bicyclic) bond motifs is 3. The van der Waals surface area contributed by atoms with Crippen LogP contribution in [0.5, 0.6) is 0 Å². The largest absolute Gasteiger partial charge is 0.301 e. The Balaban J connectivity index is 1.78. The molecular formula is C22H16N4O. The van der Waals surface area contributed by atoms with Crippen LogP contribution in [0.15, 0.2) is 89.7 Å². The van der Waals surface area contributed by atoms with Gasteiger partial charge in [-0.2, -0.15) is 14.9 Å². The number of para-hydroxylation sites is 2. The van der Waals surface area contributed by atoms with Crippen LogP contribution in [0, 0.1) is 0 Å². The molecule has 5 rings (SSSR count). The Hall–Kier alpha value is -3.73. The topological polar surface area (TPSA) is 52.7 Å². The molecule has 3 aromatic rings. The number of rotatable bonds is 3. The van der Waals surface area contributed by atoms with Crippen LogP contribution in [0.3, 0.4) is 0 Å². The van der Waals surface area contributed by atoms with Gasteiger partial charge in [0.2, 0.25) is 0 Å². The zero-order chi connectivity index (χ0) is 18.2. The third-order valence-corrected chi connectivity index (χ3v) is 4.65. The van der Waals surface area contributed by atoms with Crippen molar-refractivity contribution in [3.63, 3.8) is 0 Å². The number of nitrogens with zero attached hydrogens (tertiary/aromatic N) is 4. The highest BCUT2D eigenvalue weighted by atomic mass is 16.1. The van der Waals surface area contributed by atoms with Crippen molar-refractivity contribution in [2.45, 2.75) is 6.54 Å². The lowest BCUT2D eigenvalue weighted by atomic mass is 10.1. The third-order valence-electron chi connectivity index (χ3n) is 4.65. The Morgan fingerprint density at radius 2 is 1.37 bits per heavy atom. The molecule has 27 heavy (non-hydrogen) atoms. The molecule has 0 fully saturated rings. The number of hydrogen-bond acceptors (Lipinski definition) is 3. The van der Waals surface area contributed by atoms with E-state index in [1.54, 1.807) is 0 Å². The number of aromatic nitrogens is 4. The van der Waals surface area contributed by atoms with Crippen molar-refractivity contribution in [1.29, 1.82) is 0 Å². The molecule has 0 bridgehead atoms. The molecule has 0 aromatic heterocycles. The minimum absolute atomic E-state index is 0.205. The van der Waals surface area contributed by atoms with Crippen LogP contribution in [-0.2, 0) is 6.54 Å². The maximum Gasteiger partial charge on any atom is 0.301 e. The monoisotopic (exact) mass is 352 g/mol. The van der Waals surface area contributed by atoms with Crippen molar-refractivity contribution in [2.75, 3.05) is 0 Å². The second-order valence-electron chi connectivity index (χ2n) is 6.41. The van der Waals surface area contributed by atoms with Gasteiger partial charge in [-0.25, -0.2) is 0 Å². The lowest BCUT2D eigenvalue weighted by molar-refractivity contribution is 0.699. The van der Waals surface area contributed by atoms with Crippen LogP contribution >= 0.6 is 0 Å². The van der Waals surface area contributed by atoms with Crippen molar-refractivity contribution in [2.24, 2.45) is 0 Å².